The molecule has 0 fully saturated rings. The van der Waals surface area contributed by atoms with Crippen molar-refractivity contribution in [3.05, 3.63) is 88.2 Å². The summed E-state index contributed by atoms with van der Waals surface area (Å²) in [6.07, 6.45) is 0.443. The molecule has 0 aliphatic heterocycles. The standard InChI is InChI=1S/C24H22Cl2N4O/c1-14(23-29-21-12-18(25)19(26)13-22(21)30-23)28-24(31)20(27)11-15-7-9-17(10-8-15)16-5-3-2-4-6-16/h2-10,12-14,20H,11,27H2,1H3,(H,28,31)(H,29,30)/t14-,20-/m0/s1. The van der Waals surface area contributed by atoms with Gasteiger partial charge in [-0.3, -0.25) is 4.79 Å². The van der Waals surface area contributed by atoms with Gasteiger partial charge in [-0.05, 0) is 42.2 Å². The number of imidazole rings is 1. The highest BCUT2D eigenvalue weighted by atomic mass is 35.5. The molecule has 0 unspecified atom stereocenters. The number of nitrogens with two attached hydrogens (primary N) is 1. The number of nitrogens with one attached hydrogen (secondary N) is 2. The third kappa shape index (κ3) is 4.90. The van der Waals surface area contributed by atoms with E-state index in [9.17, 15) is 4.79 Å². The summed E-state index contributed by atoms with van der Waals surface area (Å²) in [5.74, 6) is 0.372. The van der Waals surface area contributed by atoms with E-state index in [1.165, 1.54) is 0 Å². The number of benzene rings is 3. The van der Waals surface area contributed by atoms with Crippen LogP contribution in [0.1, 0.15) is 24.4 Å². The first kappa shape index (κ1) is 21.4. The number of carbonyl (C=O) groups is 1. The minimum atomic E-state index is -0.668. The zero-order valence-corrected chi connectivity index (χ0v) is 18.4. The van der Waals surface area contributed by atoms with Gasteiger partial charge in [0, 0.05) is 0 Å². The van der Waals surface area contributed by atoms with Gasteiger partial charge < -0.3 is 16.0 Å². The lowest BCUT2D eigenvalue weighted by Gasteiger charge is -2.16. The number of aromatic amines is 1. The van der Waals surface area contributed by atoms with E-state index in [4.69, 9.17) is 28.9 Å². The van der Waals surface area contributed by atoms with E-state index in [0.717, 1.165) is 22.2 Å². The van der Waals surface area contributed by atoms with Crippen LogP contribution in [-0.2, 0) is 11.2 Å². The molecule has 0 radical (unpaired) electrons. The maximum atomic E-state index is 12.6. The Labute approximate surface area is 190 Å². The van der Waals surface area contributed by atoms with Crippen molar-refractivity contribution in [3.8, 4) is 11.1 Å². The summed E-state index contributed by atoms with van der Waals surface area (Å²) in [4.78, 5) is 20.3. The molecule has 1 heterocycles. The molecule has 5 nitrogen and oxygen atoms in total. The summed E-state index contributed by atoms with van der Waals surface area (Å²) >= 11 is 12.1. The number of aromatic nitrogens is 2. The van der Waals surface area contributed by atoms with Gasteiger partial charge in [0.15, 0.2) is 0 Å². The van der Waals surface area contributed by atoms with Crippen LogP contribution in [0.4, 0.5) is 0 Å². The van der Waals surface area contributed by atoms with Crippen molar-refractivity contribution < 1.29 is 4.79 Å². The Balaban J connectivity index is 1.39. The van der Waals surface area contributed by atoms with Crippen molar-refractivity contribution in [2.75, 3.05) is 0 Å². The van der Waals surface area contributed by atoms with Crippen LogP contribution in [0.25, 0.3) is 22.2 Å². The summed E-state index contributed by atoms with van der Waals surface area (Å²) in [6.45, 7) is 1.85. The molecule has 0 aliphatic rings. The maximum Gasteiger partial charge on any atom is 0.237 e. The zero-order chi connectivity index (χ0) is 22.0. The predicted octanol–water partition coefficient (Wildman–Crippen LogP) is 5.28. The third-order valence-corrected chi connectivity index (χ3v) is 5.89. The van der Waals surface area contributed by atoms with Gasteiger partial charge in [-0.15, -0.1) is 0 Å². The van der Waals surface area contributed by atoms with E-state index in [1.807, 2.05) is 49.4 Å². The van der Waals surface area contributed by atoms with Gasteiger partial charge in [0.05, 0.1) is 33.2 Å². The Kier molecular flexibility index (Phi) is 6.28. The van der Waals surface area contributed by atoms with Gasteiger partial charge in [-0.2, -0.15) is 0 Å². The van der Waals surface area contributed by atoms with Crippen LogP contribution in [0.3, 0.4) is 0 Å². The number of fused-ring (bicyclic) bond motifs is 1. The molecular formula is C24H22Cl2N4O. The minimum Gasteiger partial charge on any atom is -0.345 e. The Morgan fingerprint density at radius 2 is 1.68 bits per heavy atom. The van der Waals surface area contributed by atoms with Crippen molar-refractivity contribution in [1.29, 1.82) is 0 Å². The SMILES string of the molecule is C[C@H](NC(=O)[C@@H](N)Cc1ccc(-c2ccccc2)cc1)c1nc2cc(Cl)c(Cl)cc2[nH]1. The summed E-state index contributed by atoms with van der Waals surface area (Å²) < 4.78 is 0. The maximum absolute atomic E-state index is 12.6. The van der Waals surface area contributed by atoms with E-state index in [0.29, 0.717) is 27.8 Å². The molecule has 4 N–H and O–H groups in total. The molecule has 0 aliphatic carbocycles. The Morgan fingerprint density at radius 1 is 1.03 bits per heavy atom. The zero-order valence-electron chi connectivity index (χ0n) is 16.9. The number of rotatable bonds is 6. The number of hydrogen-bond acceptors (Lipinski definition) is 3. The third-order valence-electron chi connectivity index (χ3n) is 5.16. The van der Waals surface area contributed by atoms with Gasteiger partial charge >= 0.3 is 0 Å². The second-order valence-corrected chi connectivity index (χ2v) is 8.32. The first-order valence-electron chi connectivity index (χ1n) is 9.95. The highest BCUT2D eigenvalue weighted by Crippen LogP contribution is 2.27. The van der Waals surface area contributed by atoms with E-state index in [1.54, 1.807) is 12.1 Å². The summed E-state index contributed by atoms with van der Waals surface area (Å²) in [5, 5.41) is 3.80. The first-order valence-corrected chi connectivity index (χ1v) is 10.7. The van der Waals surface area contributed by atoms with Crippen molar-refractivity contribution in [2.45, 2.75) is 25.4 Å². The lowest BCUT2D eigenvalue weighted by Crippen LogP contribution is -2.43. The Hall–Kier alpha value is -2.86. The van der Waals surface area contributed by atoms with E-state index >= 15 is 0 Å². The molecule has 0 saturated heterocycles. The number of hydrogen-bond donors (Lipinski definition) is 3. The smallest absolute Gasteiger partial charge is 0.237 e. The van der Waals surface area contributed by atoms with Crippen LogP contribution >= 0.6 is 23.2 Å². The number of nitrogens with zero attached hydrogens (tertiary/aromatic N) is 1. The van der Waals surface area contributed by atoms with E-state index < -0.39 is 6.04 Å². The van der Waals surface area contributed by atoms with Crippen LogP contribution in [0.15, 0.2) is 66.7 Å². The van der Waals surface area contributed by atoms with Crippen LogP contribution in [0.2, 0.25) is 10.0 Å². The molecule has 31 heavy (non-hydrogen) atoms. The van der Waals surface area contributed by atoms with Crippen molar-refractivity contribution in [1.82, 2.24) is 15.3 Å². The van der Waals surface area contributed by atoms with Gasteiger partial charge in [0.25, 0.3) is 0 Å². The fourth-order valence-electron chi connectivity index (χ4n) is 3.43. The largest absolute Gasteiger partial charge is 0.345 e. The molecule has 0 spiro atoms. The summed E-state index contributed by atoms with van der Waals surface area (Å²) in [5.41, 5.74) is 10.9. The van der Waals surface area contributed by atoms with Gasteiger partial charge in [0.1, 0.15) is 5.82 Å². The molecule has 1 aromatic heterocycles. The van der Waals surface area contributed by atoms with Crippen LogP contribution in [-0.4, -0.2) is 21.9 Å². The molecule has 7 heteroatoms. The topological polar surface area (TPSA) is 83.8 Å². The molecule has 4 aromatic rings. The predicted molar refractivity (Wildman–Crippen MR) is 126 cm³/mol. The highest BCUT2D eigenvalue weighted by Gasteiger charge is 2.19. The molecular weight excluding hydrogens is 431 g/mol. The number of amides is 1. The number of carbonyl (C=O) groups excluding carboxylic acids is 1. The second-order valence-electron chi connectivity index (χ2n) is 7.51. The van der Waals surface area contributed by atoms with Crippen molar-refractivity contribution in [2.24, 2.45) is 5.73 Å². The van der Waals surface area contributed by atoms with Crippen LogP contribution in [0, 0.1) is 0 Å². The fraction of sp³-hybridized carbons (Fsp3) is 0.167. The molecule has 158 valence electrons. The molecule has 0 saturated carbocycles. The number of halogens is 2. The lowest BCUT2D eigenvalue weighted by molar-refractivity contribution is -0.123. The number of H-pyrrole nitrogens is 1. The lowest BCUT2D eigenvalue weighted by atomic mass is 10.0. The second kappa shape index (κ2) is 9.10. The quantitative estimate of drug-likeness (QED) is 0.371. The Bertz CT molecular complexity index is 1170. The normalized spacial score (nSPS) is 13.2. The molecule has 2 atom stereocenters. The molecule has 1 amide bonds. The van der Waals surface area contributed by atoms with Crippen LogP contribution < -0.4 is 11.1 Å². The summed E-state index contributed by atoms with van der Waals surface area (Å²) in [7, 11) is 0. The van der Waals surface area contributed by atoms with Crippen LogP contribution in [0.5, 0.6) is 0 Å². The minimum absolute atomic E-state index is 0.240. The molecule has 4 rings (SSSR count). The van der Waals surface area contributed by atoms with Crippen molar-refractivity contribution >= 4 is 40.1 Å². The average Bonchev–Trinajstić information content (AvgIpc) is 3.18. The van der Waals surface area contributed by atoms with Gasteiger partial charge in [-0.25, -0.2) is 4.98 Å². The fourth-order valence-corrected chi connectivity index (χ4v) is 3.75. The highest BCUT2D eigenvalue weighted by molar-refractivity contribution is 6.42. The molecule has 0 bridgehead atoms. The molecule has 3 aromatic carbocycles. The monoisotopic (exact) mass is 452 g/mol. The van der Waals surface area contributed by atoms with Crippen molar-refractivity contribution in [3.63, 3.8) is 0 Å². The van der Waals surface area contributed by atoms with E-state index in [2.05, 4.69) is 27.4 Å². The first-order chi connectivity index (χ1) is 14.9. The summed E-state index contributed by atoms with van der Waals surface area (Å²) in [6, 6.07) is 20.6. The average molecular weight is 453 g/mol. The van der Waals surface area contributed by atoms with Gasteiger partial charge in [-0.1, -0.05) is 77.8 Å². The van der Waals surface area contributed by atoms with E-state index in [-0.39, 0.29) is 11.9 Å². The van der Waals surface area contributed by atoms with Gasteiger partial charge in [0.2, 0.25) is 5.91 Å². The Morgan fingerprint density at radius 3 is 2.39 bits per heavy atom.